The first-order chi connectivity index (χ1) is 8.34. The highest BCUT2D eigenvalue weighted by Gasteiger charge is 2.21. The highest BCUT2D eigenvalue weighted by molar-refractivity contribution is 5.96. The van der Waals surface area contributed by atoms with Crippen molar-refractivity contribution in [1.82, 2.24) is 10.6 Å². The molecule has 17 heavy (non-hydrogen) atoms. The Kier molecular flexibility index (Phi) is 2.85. The molecule has 0 atom stereocenters. The molecule has 1 amide bonds. The topological polar surface area (TPSA) is 41.1 Å². The normalized spacial score (nSPS) is 18.6. The van der Waals surface area contributed by atoms with Crippen molar-refractivity contribution in [3.05, 3.63) is 34.9 Å². The van der Waals surface area contributed by atoms with E-state index in [9.17, 15) is 4.79 Å². The van der Waals surface area contributed by atoms with Gasteiger partial charge in [0.25, 0.3) is 5.91 Å². The highest BCUT2D eigenvalue weighted by atomic mass is 16.1. The van der Waals surface area contributed by atoms with Crippen molar-refractivity contribution in [3.63, 3.8) is 0 Å². The van der Waals surface area contributed by atoms with Crippen molar-refractivity contribution < 1.29 is 4.79 Å². The maximum absolute atomic E-state index is 12.1. The first-order valence-electron chi connectivity index (χ1n) is 6.44. The zero-order chi connectivity index (χ0) is 11.7. The fraction of sp³-hybridized carbons (Fsp3) is 0.500. The standard InChI is InChI=1S/C14H18N2O/c17-14(16-9-10-7-15-8-10)13-6-2-4-11-3-1-5-12(11)13/h2,4,6,10,15H,1,3,5,7-9H2,(H,16,17). The SMILES string of the molecule is O=C(NCC1CNC1)c1cccc2c1CCC2. The van der Waals surface area contributed by atoms with Crippen LogP contribution in [0.25, 0.3) is 0 Å². The van der Waals surface area contributed by atoms with Crippen LogP contribution in [0.5, 0.6) is 0 Å². The lowest BCUT2D eigenvalue weighted by Gasteiger charge is -2.27. The first-order valence-corrected chi connectivity index (χ1v) is 6.44. The number of nitrogens with one attached hydrogen (secondary N) is 2. The molecule has 1 aliphatic heterocycles. The molecule has 1 fully saturated rings. The molecule has 0 bridgehead atoms. The maximum atomic E-state index is 12.1. The van der Waals surface area contributed by atoms with Crippen LogP contribution in [-0.4, -0.2) is 25.5 Å². The van der Waals surface area contributed by atoms with Gasteiger partial charge in [-0.2, -0.15) is 0 Å². The Bertz CT molecular complexity index is 438. The lowest BCUT2D eigenvalue weighted by molar-refractivity contribution is 0.0941. The molecule has 0 spiro atoms. The van der Waals surface area contributed by atoms with E-state index in [-0.39, 0.29) is 5.91 Å². The molecule has 3 heteroatoms. The van der Waals surface area contributed by atoms with Crippen LogP contribution in [0.4, 0.5) is 0 Å². The molecule has 2 N–H and O–H groups in total. The van der Waals surface area contributed by atoms with Crippen molar-refractivity contribution in [3.8, 4) is 0 Å². The van der Waals surface area contributed by atoms with Gasteiger partial charge in [-0.25, -0.2) is 0 Å². The molecule has 3 rings (SSSR count). The molecule has 0 unspecified atom stereocenters. The third-order valence-corrected chi connectivity index (χ3v) is 3.81. The Balaban J connectivity index is 1.70. The van der Waals surface area contributed by atoms with Crippen LogP contribution in [0.3, 0.4) is 0 Å². The quantitative estimate of drug-likeness (QED) is 0.817. The summed E-state index contributed by atoms with van der Waals surface area (Å²) in [7, 11) is 0. The van der Waals surface area contributed by atoms with Crippen molar-refractivity contribution in [2.45, 2.75) is 19.3 Å². The smallest absolute Gasteiger partial charge is 0.251 e. The Morgan fingerprint density at radius 1 is 1.35 bits per heavy atom. The Morgan fingerprint density at radius 2 is 2.24 bits per heavy atom. The second kappa shape index (κ2) is 4.49. The number of rotatable bonds is 3. The first kappa shape index (κ1) is 10.8. The van der Waals surface area contributed by atoms with E-state index in [0.29, 0.717) is 5.92 Å². The van der Waals surface area contributed by atoms with Gasteiger partial charge in [0.05, 0.1) is 0 Å². The van der Waals surface area contributed by atoms with E-state index >= 15 is 0 Å². The Morgan fingerprint density at radius 3 is 3.00 bits per heavy atom. The van der Waals surface area contributed by atoms with Gasteiger partial charge in [-0.1, -0.05) is 12.1 Å². The van der Waals surface area contributed by atoms with Crippen LogP contribution >= 0.6 is 0 Å². The minimum Gasteiger partial charge on any atom is -0.352 e. The molecule has 1 heterocycles. The Labute approximate surface area is 102 Å². The van der Waals surface area contributed by atoms with Crippen LogP contribution in [0.1, 0.15) is 27.9 Å². The fourth-order valence-corrected chi connectivity index (χ4v) is 2.66. The average Bonchev–Trinajstić information content (AvgIpc) is 2.74. The van der Waals surface area contributed by atoms with Gasteiger partial charge in [0.1, 0.15) is 0 Å². The van der Waals surface area contributed by atoms with E-state index in [2.05, 4.69) is 16.7 Å². The summed E-state index contributed by atoms with van der Waals surface area (Å²) in [6.07, 6.45) is 3.37. The van der Waals surface area contributed by atoms with Crippen LogP contribution in [-0.2, 0) is 12.8 Å². The number of hydrogen-bond donors (Lipinski definition) is 2. The number of benzene rings is 1. The summed E-state index contributed by atoms with van der Waals surface area (Å²) in [4.78, 5) is 12.1. The molecule has 0 aromatic heterocycles. The van der Waals surface area contributed by atoms with E-state index in [1.54, 1.807) is 0 Å². The number of fused-ring (bicyclic) bond motifs is 1. The van der Waals surface area contributed by atoms with Crippen molar-refractivity contribution >= 4 is 5.91 Å². The summed E-state index contributed by atoms with van der Waals surface area (Å²) in [6, 6.07) is 6.11. The largest absolute Gasteiger partial charge is 0.352 e. The minimum atomic E-state index is 0.107. The summed E-state index contributed by atoms with van der Waals surface area (Å²) in [5.74, 6) is 0.728. The van der Waals surface area contributed by atoms with Crippen molar-refractivity contribution in [1.29, 1.82) is 0 Å². The molecule has 1 aromatic rings. The molecule has 1 aliphatic carbocycles. The molecule has 1 saturated heterocycles. The molecule has 2 aliphatic rings. The van der Waals surface area contributed by atoms with Crippen molar-refractivity contribution in [2.24, 2.45) is 5.92 Å². The summed E-state index contributed by atoms with van der Waals surface area (Å²) >= 11 is 0. The van der Waals surface area contributed by atoms with Gasteiger partial charge in [-0.3, -0.25) is 4.79 Å². The zero-order valence-corrected chi connectivity index (χ0v) is 9.96. The van der Waals surface area contributed by atoms with Crippen LogP contribution in [0.2, 0.25) is 0 Å². The van der Waals surface area contributed by atoms with Gasteiger partial charge in [-0.15, -0.1) is 0 Å². The van der Waals surface area contributed by atoms with E-state index in [0.717, 1.165) is 38.0 Å². The maximum Gasteiger partial charge on any atom is 0.251 e. The molecular formula is C14H18N2O. The molecular weight excluding hydrogens is 212 g/mol. The van der Waals surface area contributed by atoms with Crippen LogP contribution in [0, 0.1) is 5.92 Å². The second-order valence-electron chi connectivity index (χ2n) is 5.03. The van der Waals surface area contributed by atoms with Gasteiger partial charge in [0, 0.05) is 31.1 Å². The lowest BCUT2D eigenvalue weighted by Crippen LogP contribution is -2.48. The van der Waals surface area contributed by atoms with E-state index in [1.165, 1.54) is 17.5 Å². The zero-order valence-electron chi connectivity index (χ0n) is 9.96. The summed E-state index contributed by atoms with van der Waals surface area (Å²) in [5, 5.41) is 6.27. The summed E-state index contributed by atoms with van der Waals surface area (Å²) < 4.78 is 0. The molecule has 90 valence electrons. The van der Waals surface area contributed by atoms with Gasteiger partial charge >= 0.3 is 0 Å². The Hall–Kier alpha value is -1.35. The predicted molar refractivity (Wildman–Crippen MR) is 67.2 cm³/mol. The van der Waals surface area contributed by atoms with Gasteiger partial charge in [0.2, 0.25) is 0 Å². The number of amides is 1. The van der Waals surface area contributed by atoms with Crippen molar-refractivity contribution in [2.75, 3.05) is 19.6 Å². The number of aryl methyl sites for hydroxylation is 1. The van der Waals surface area contributed by atoms with E-state index in [1.807, 2.05) is 12.1 Å². The minimum absolute atomic E-state index is 0.107. The van der Waals surface area contributed by atoms with E-state index < -0.39 is 0 Å². The highest BCUT2D eigenvalue weighted by Crippen LogP contribution is 2.25. The number of carbonyl (C=O) groups excluding carboxylic acids is 1. The monoisotopic (exact) mass is 230 g/mol. The summed E-state index contributed by atoms with van der Waals surface area (Å²) in [6.45, 7) is 2.87. The third kappa shape index (κ3) is 2.07. The molecule has 0 radical (unpaired) electrons. The lowest BCUT2D eigenvalue weighted by atomic mass is 10.0. The molecule has 1 aromatic carbocycles. The predicted octanol–water partition coefficient (Wildman–Crippen LogP) is 1.12. The number of hydrogen-bond acceptors (Lipinski definition) is 2. The van der Waals surface area contributed by atoms with E-state index in [4.69, 9.17) is 0 Å². The number of carbonyl (C=O) groups is 1. The van der Waals surface area contributed by atoms with Crippen LogP contribution in [0.15, 0.2) is 18.2 Å². The van der Waals surface area contributed by atoms with Gasteiger partial charge < -0.3 is 10.6 Å². The van der Waals surface area contributed by atoms with Gasteiger partial charge in [0.15, 0.2) is 0 Å². The average molecular weight is 230 g/mol. The fourth-order valence-electron chi connectivity index (χ4n) is 2.66. The molecule has 0 saturated carbocycles. The molecule has 3 nitrogen and oxygen atoms in total. The van der Waals surface area contributed by atoms with Crippen LogP contribution < -0.4 is 10.6 Å². The third-order valence-electron chi connectivity index (χ3n) is 3.81. The second-order valence-corrected chi connectivity index (χ2v) is 5.03. The summed E-state index contributed by atoms with van der Waals surface area (Å²) in [5.41, 5.74) is 3.53. The van der Waals surface area contributed by atoms with Gasteiger partial charge in [-0.05, 0) is 36.5 Å².